The number of rotatable bonds is 11. The van der Waals surface area contributed by atoms with Crippen LogP contribution in [0.1, 0.15) is 12.0 Å². The van der Waals surface area contributed by atoms with Crippen molar-refractivity contribution in [3.8, 4) is 11.5 Å². The van der Waals surface area contributed by atoms with Crippen molar-refractivity contribution in [1.29, 1.82) is 0 Å². The Hall–Kier alpha value is -3.23. The summed E-state index contributed by atoms with van der Waals surface area (Å²) in [7, 11) is 0. The van der Waals surface area contributed by atoms with Crippen LogP contribution in [0.25, 0.3) is 0 Å². The number of anilines is 1. The smallest absolute Gasteiger partial charge is 0.406 e. The van der Waals surface area contributed by atoms with Crippen LogP contribution in [0.4, 0.5) is 49.6 Å². The number of aliphatic hydroxyl groups is 1. The Kier molecular flexibility index (Phi) is 9.04. The average Bonchev–Trinajstić information content (AvgIpc) is 2.71. The SMILES string of the molecule is O=C(CC(O)CN(Cc1cccc(OC(F)(F)F)c1)c1cccc(OC(F)(F)F)c1)C(F)(F)C(F)F. The Bertz CT molecular complexity index is 1030. The standard InChI is InChI=1S/C21H17F10NO4/c22-18(23)19(24,25)17(34)9-14(33)11-32(13-4-2-6-16(8-13)36-21(29,30)31)10-12-3-1-5-15(7-12)35-20(26,27)28/h1-8,14,18,33H,9-11H2. The fraction of sp³-hybridized carbons (Fsp3) is 0.381. The monoisotopic (exact) mass is 537 g/mol. The predicted octanol–water partition coefficient (Wildman–Crippen LogP) is 5.71. The van der Waals surface area contributed by atoms with E-state index in [-0.39, 0.29) is 11.3 Å². The number of ketones is 1. The number of benzene rings is 2. The first-order valence-electron chi connectivity index (χ1n) is 9.79. The first-order chi connectivity index (χ1) is 16.5. The van der Waals surface area contributed by atoms with Gasteiger partial charge in [-0.05, 0) is 29.8 Å². The topological polar surface area (TPSA) is 59.0 Å². The van der Waals surface area contributed by atoms with Crippen molar-refractivity contribution >= 4 is 11.5 Å². The third-order valence-corrected chi connectivity index (χ3v) is 4.42. The average molecular weight is 537 g/mol. The summed E-state index contributed by atoms with van der Waals surface area (Å²) >= 11 is 0. The molecule has 0 aliphatic heterocycles. The molecule has 0 aromatic heterocycles. The van der Waals surface area contributed by atoms with Gasteiger partial charge < -0.3 is 19.5 Å². The molecule has 0 amide bonds. The minimum absolute atomic E-state index is 0.0651. The van der Waals surface area contributed by atoms with Gasteiger partial charge in [0.05, 0.1) is 6.10 Å². The predicted molar refractivity (Wildman–Crippen MR) is 104 cm³/mol. The summed E-state index contributed by atoms with van der Waals surface area (Å²) in [6, 6.07) is 8.34. The number of hydrogen-bond acceptors (Lipinski definition) is 5. The largest absolute Gasteiger partial charge is 0.573 e. The van der Waals surface area contributed by atoms with Crippen LogP contribution >= 0.6 is 0 Å². The highest BCUT2D eigenvalue weighted by atomic mass is 19.4. The van der Waals surface area contributed by atoms with Gasteiger partial charge in [-0.2, -0.15) is 8.78 Å². The Labute approximate surface area is 196 Å². The molecule has 2 aromatic carbocycles. The molecule has 0 saturated heterocycles. The summed E-state index contributed by atoms with van der Waals surface area (Å²) in [4.78, 5) is 12.5. The molecule has 36 heavy (non-hydrogen) atoms. The lowest BCUT2D eigenvalue weighted by Crippen LogP contribution is -2.41. The lowest BCUT2D eigenvalue weighted by Gasteiger charge is -2.28. The zero-order valence-corrected chi connectivity index (χ0v) is 17.8. The molecule has 1 unspecified atom stereocenters. The van der Waals surface area contributed by atoms with Gasteiger partial charge in [-0.3, -0.25) is 4.79 Å². The van der Waals surface area contributed by atoms with Gasteiger partial charge in [0.2, 0.25) is 5.78 Å². The van der Waals surface area contributed by atoms with Crippen molar-refractivity contribution in [2.24, 2.45) is 0 Å². The van der Waals surface area contributed by atoms with Crippen LogP contribution in [0.2, 0.25) is 0 Å². The van der Waals surface area contributed by atoms with Crippen molar-refractivity contribution in [2.75, 3.05) is 11.4 Å². The second-order valence-electron chi connectivity index (χ2n) is 7.33. The second-order valence-corrected chi connectivity index (χ2v) is 7.33. The van der Waals surface area contributed by atoms with E-state index in [0.29, 0.717) is 0 Å². The van der Waals surface area contributed by atoms with E-state index in [1.807, 2.05) is 0 Å². The number of hydrogen-bond donors (Lipinski definition) is 1. The van der Waals surface area contributed by atoms with E-state index < -0.39 is 68.0 Å². The fourth-order valence-electron chi connectivity index (χ4n) is 2.99. The molecule has 0 spiro atoms. The minimum Gasteiger partial charge on any atom is -0.406 e. The van der Waals surface area contributed by atoms with Gasteiger partial charge in [0, 0.05) is 31.3 Å². The van der Waals surface area contributed by atoms with Crippen molar-refractivity contribution in [1.82, 2.24) is 0 Å². The van der Waals surface area contributed by atoms with E-state index >= 15 is 0 Å². The van der Waals surface area contributed by atoms with Crippen LogP contribution in [0.3, 0.4) is 0 Å². The van der Waals surface area contributed by atoms with E-state index in [9.17, 15) is 53.8 Å². The highest BCUT2D eigenvalue weighted by molar-refractivity contribution is 5.86. The Morgan fingerprint density at radius 2 is 1.39 bits per heavy atom. The number of aliphatic hydroxyl groups excluding tert-OH is 1. The molecule has 0 radical (unpaired) electrons. The number of alkyl halides is 10. The maximum atomic E-state index is 13.2. The second kappa shape index (κ2) is 11.2. The van der Waals surface area contributed by atoms with E-state index in [4.69, 9.17) is 0 Å². The van der Waals surface area contributed by atoms with Gasteiger partial charge in [-0.1, -0.05) is 18.2 Å². The number of nitrogens with zero attached hydrogens (tertiary/aromatic N) is 1. The highest BCUT2D eigenvalue weighted by Gasteiger charge is 2.48. The van der Waals surface area contributed by atoms with E-state index in [1.165, 1.54) is 12.1 Å². The zero-order chi connectivity index (χ0) is 27.3. The fourth-order valence-corrected chi connectivity index (χ4v) is 2.99. The molecule has 5 nitrogen and oxygen atoms in total. The molecule has 0 heterocycles. The molecule has 2 rings (SSSR count). The summed E-state index contributed by atoms with van der Waals surface area (Å²) in [5, 5.41) is 10.1. The van der Waals surface area contributed by atoms with Crippen LogP contribution in [0, 0.1) is 0 Å². The molecule has 0 saturated carbocycles. The van der Waals surface area contributed by atoms with E-state index in [2.05, 4.69) is 9.47 Å². The van der Waals surface area contributed by atoms with Crippen molar-refractivity contribution in [3.05, 3.63) is 54.1 Å². The third-order valence-electron chi connectivity index (χ3n) is 4.42. The van der Waals surface area contributed by atoms with E-state index in [1.54, 1.807) is 0 Å². The Balaban J connectivity index is 2.33. The molecule has 0 fully saturated rings. The summed E-state index contributed by atoms with van der Waals surface area (Å²) < 4.78 is 134. The summed E-state index contributed by atoms with van der Waals surface area (Å²) in [6.45, 7) is -1.19. The number of Topliss-reactive ketones (excluding diaryl/α,β-unsaturated/α-hetero) is 1. The number of ether oxygens (including phenoxy) is 2. The van der Waals surface area contributed by atoms with Gasteiger partial charge in [-0.15, -0.1) is 26.3 Å². The highest BCUT2D eigenvalue weighted by Crippen LogP contribution is 2.30. The summed E-state index contributed by atoms with van der Waals surface area (Å²) in [6.07, 6.45) is -17.9. The van der Waals surface area contributed by atoms with Crippen molar-refractivity contribution in [3.63, 3.8) is 0 Å². The molecule has 15 heteroatoms. The van der Waals surface area contributed by atoms with Crippen LogP contribution in [-0.2, 0) is 11.3 Å². The quantitative estimate of drug-likeness (QED) is 0.372. The van der Waals surface area contributed by atoms with Crippen LogP contribution in [-0.4, -0.2) is 48.6 Å². The Morgan fingerprint density at radius 3 is 1.92 bits per heavy atom. The van der Waals surface area contributed by atoms with Gasteiger partial charge in [0.1, 0.15) is 11.5 Å². The number of carbonyl (C=O) groups excluding carboxylic acids is 1. The van der Waals surface area contributed by atoms with Gasteiger partial charge in [0.25, 0.3) is 0 Å². The lowest BCUT2D eigenvalue weighted by atomic mass is 10.1. The molecular weight excluding hydrogens is 520 g/mol. The summed E-state index contributed by atoms with van der Waals surface area (Å²) in [5.74, 6) is -8.70. The van der Waals surface area contributed by atoms with Crippen LogP contribution < -0.4 is 14.4 Å². The number of carbonyl (C=O) groups is 1. The third kappa shape index (κ3) is 9.09. The molecule has 0 aliphatic rings. The normalized spacial score (nSPS) is 13.4. The summed E-state index contributed by atoms with van der Waals surface area (Å²) in [5.41, 5.74) is -0.0682. The van der Waals surface area contributed by atoms with Gasteiger partial charge >= 0.3 is 25.1 Å². The molecule has 0 bridgehead atoms. The van der Waals surface area contributed by atoms with E-state index in [0.717, 1.165) is 41.3 Å². The van der Waals surface area contributed by atoms with Crippen LogP contribution in [0.5, 0.6) is 11.5 Å². The molecule has 0 aliphatic carbocycles. The maximum absolute atomic E-state index is 13.2. The van der Waals surface area contributed by atoms with Crippen molar-refractivity contribution in [2.45, 2.75) is 44.1 Å². The Morgan fingerprint density at radius 1 is 0.861 bits per heavy atom. The first-order valence-corrected chi connectivity index (χ1v) is 9.79. The molecular formula is C21H17F10NO4. The minimum atomic E-state index is -5.08. The van der Waals surface area contributed by atoms with Gasteiger partial charge in [-0.25, -0.2) is 8.78 Å². The van der Waals surface area contributed by atoms with Crippen LogP contribution in [0.15, 0.2) is 48.5 Å². The van der Waals surface area contributed by atoms with Crippen molar-refractivity contribution < 1.29 is 63.3 Å². The number of halogens is 10. The molecule has 1 atom stereocenters. The zero-order valence-electron chi connectivity index (χ0n) is 17.8. The maximum Gasteiger partial charge on any atom is 0.573 e. The first kappa shape index (κ1) is 29.0. The van der Waals surface area contributed by atoms with Gasteiger partial charge in [0.15, 0.2) is 0 Å². The lowest BCUT2D eigenvalue weighted by molar-refractivity contribution is -0.275. The molecule has 200 valence electrons. The molecule has 2 aromatic rings. The molecule has 1 N–H and O–H groups in total.